The molecule has 0 fully saturated rings. The van der Waals surface area contributed by atoms with Gasteiger partial charge in [0.1, 0.15) is 10.3 Å². The molecule has 1 heterocycles. The number of esters is 1. The van der Waals surface area contributed by atoms with E-state index >= 15 is 0 Å². The molecule has 0 radical (unpaired) electrons. The molecule has 0 bridgehead atoms. The molecule has 1 N–H and O–H groups in total. The first-order valence-corrected chi connectivity index (χ1v) is 12.7. The highest BCUT2D eigenvalue weighted by Crippen LogP contribution is 2.42. The van der Waals surface area contributed by atoms with E-state index in [2.05, 4.69) is 12.2 Å². The van der Waals surface area contributed by atoms with Gasteiger partial charge in [-0.3, -0.25) is 4.79 Å². The Morgan fingerprint density at radius 3 is 2.50 bits per heavy atom. The van der Waals surface area contributed by atoms with Gasteiger partial charge in [-0.15, -0.1) is 23.1 Å². The molecule has 166 valence electrons. The predicted octanol–water partition coefficient (Wildman–Crippen LogP) is 6.52. The van der Waals surface area contributed by atoms with E-state index in [0.717, 1.165) is 35.3 Å². The maximum Gasteiger partial charge on any atom is 0.341 e. The van der Waals surface area contributed by atoms with Crippen LogP contribution in [-0.4, -0.2) is 18.5 Å². The Labute approximate surface area is 197 Å². The number of hydrogen-bond donors (Lipinski definition) is 1. The average Bonchev–Trinajstić information content (AvgIpc) is 3.15. The monoisotopic (exact) mass is 465 g/mol. The lowest BCUT2D eigenvalue weighted by molar-refractivity contribution is -0.115. The van der Waals surface area contributed by atoms with Gasteiger partial charge in [0.15, 0.2) is 0 Å². The van der Waals surface area contributed by atoms with Crippen molar-refractivity contribution in [1.82, 2.24) is 0 Å². The zero-order valence-corrected chi connectivity index (χ0v) is 19.9. The number of benzene rings is 2. The van der Waals surface area contributed by atoms with E-state index in [0.29, 0.717) is 23.1 Å². The summed E-state index contributed by atoms with van der Waals surface area (Å²) >= 11 is 3.03. The maximum absolute atomic E-state index is 13.5. The molecule has 2 aromatic carbocycles. The van der Waals surface area contributed by atoms with Crippen molar-refractivity contribution in [1.29, 1.82) is 0 Å². The number of carbonyl (C=O) groups is 2. The highest BCUT2D eigenvalue weighted by molar-refractivity contribution is 8.00. The van der Waals surface area contributed by atoms with Crippen LogP contribution >= 0.6 is 23.1 Å². The molecule has 0 saturated carbocycles. The van der Waals surface area contributed by atoms with Crippen LogP contribution in [0.2, 0.25) is 0 Å². The lowest BCUT2D eigenvalue weighted by atomic mass is 9.88. The Balaban J connectivity index is 1.66. The quantitative estimate of drug-likeness (QED) is 0.319. The lowest BCUT2D eigenvalue weighted by Crippen LogP contribution is -2.20. The van der Waals surface area contributed by atoms with Crippen LogP contribution in [0.15, 0.2) is 65.6 Å². The molecular weight excluding hydrogens is 438 g/mol. The Morgan fingerprint density at radius 2 is 1.81 bits per heavy atom. The molecule has 1 aromatic heterocycles. The zero-order valence-electron chi connectivity index (χ0n) is 18.3. The van der Waals surface area contributed by atoms with Gasteiger partial charge in [-0.05, 0) is 55.4 Å². The van der Waals surface area contributed by atoms with E-state index < -0.39 is 5.25 Å². The molecule has 4 rings (SSSR count). The molecule has 0 aliphatic heterocycles. The second-order valence-corrected chi connectivity index (χ2v) is 10.3. The van der Waals surface area contributed by atoms with E-state index in [-0.39, 0.29) is 11.9 Å². The summed E-state index contributed by atoms with van der Waals surface area (Å²) in [5.74, 6) is 0.0922. The number of thiophene rings is 1. The second kappa shape index (κ2) is 10.4. The van der Waals surface area contributed by atoms with Gasteiger partial charge in [0, 0.05) is 9.77 Å². The third-order valence-electron chi connectivity index (χ3n) is 5.57. The standard InChI is InChI=1S/C26H27NO3S2/c1-3-30-26(29)22-20-15-14-17(2)16-21(20)32-25(22)27-24(28)23(18-10-6-4-7-11-18)31-19-12-8-5-9-13-19/h4-13,17,23H,3,14-16H2,1-2H3,(H,27,28). The van der Waals surface area contributed by atoms with Crippen LogP contribution in [0.1, 0.15) is 51.9 Å². The fourth-order valence-corrected chi connectivity index (χ4v) is 6.42. The number of nitrogens with one attached hydrogen (secondary N) is 1. The van der Waals surface area contributed by atoms with Gasteiger partial charge >= 0.3 is 5.97 Å². The van der Waals surface area contributed by atoms with Crippen molar-refractivity contribution in [2.45, 2.75) is 43.3 Å². The van der Waals surface area contributed by atoms with Gasteiger partial charge in [-0.1, -0.05) is 55.5 Å². The van der Waals surface area contributed by atoms with Crippen molar-refractivity contribution < 1.29 is 14.3 Å². The minimum absolute atomic E-state index is 0.137. The van der Waals surface area contributed by atoms with E-state index in [1.807, 2.05) is 60.7 Å². The fourth-order valence-electron chi connectivity index (χ4n) is 3.97. The Morgan fingerprint density at radius 1 is 1.12 bits per heavy atom. The van der Waals surface area contributed by atoms with Crippen molar-refractivity contribution in [2.75, 3.05) is 11.9 Å². The molecular formula is C26H27NO3S2. The molecule has 6 heteroatoms. The first-order valence-electron chi connectivity index (χ1n) is 11.0. The minimum atomic E-state index is -0.438. The SMILES string of the molecule is CCOC(=O)c1c(NC(=O)C(Sc2ccccc2)c2ccccc2)sc2c1CCC(C)C2. The number of rotatable bonds is 7. The molecule has 0 spiro atoms. The largest absolute Gasteiger partial charge is 0.462 e. The number of hydrogen-bond acceptors (Lipinski definition) is 5. The van der Waals surface area contributed by atoms with E-state index in [4.69, 9.17) is 4.74 Å². The summed E-state index contributed by atoms with van der Waals surface area (Å²) in [5.41, 5.74) is 2.52. The highest BCUT2D eigenvalue weighted by atomic mass is 32.2. The molecule has 4 nitrogen and oxygen atoms in total. The highest BCUT2D eigenvalue weighted by Gasteiger charge is 2.31. The first-order chi connectivity index (χ1) is 15.6. The van der Waals surface area contributed by atoms with Crippen LogP contribution in [0.4, 0.5) is 5.00 Å². The normalized spacial score (nSPS) is 16.1. The van der Waals surface area contributed by atoms with Gasteiger partial charge in [0.05, 0.1) is 12.2 Å². The summed E-state index contributed by atoms with van der Waals surface area (Å²) in [7, 11) is 0. The van der Waals surface area contributed by atoms with E-state index in [9.17, 15) is 9.59 Å². The van der Waals surface area contributed by atoms with Crippen LogP contribution in [0.25, 0.3) is 0 Å². The van der Waals surface area contributed by atoms with Crippen LogP contribution in [0.5, 0.6) is 0 Å². The van der Waals surface area contributed by atoms with Crippen LogP contribution < -0.4 is 5.32 Å². The van der Waals surface area contributed by atoms with E-state index in [1.54, 1.807) is 6.92 Å². The van der Waals surface area contributed by atoms with Crippen molar-refractivity contribution in [3.05, 3.63) is 82.2 Å². The summed E-state index contributed by atoms with van der Waals surface area (Å²) in [6.45, 7) is 4.34. The number of amides is 1. The number of thioether (sulfide) groups is 1. The second-order valence-electron chi connectivity index (χ2n) is 7.99. The zero-order chi connectivity index (χ0) is 22.5. The summed E-state index contributed by atoms with van der Waals surface area (Å²) in [6, 6.07) is 19.7. The van der Waals surface area contributed by atoms with Crippen LogP contribution in [0, 0.1) is 5.92 Å². The van der Waals surface area contributed by atoms with Gasteiger partial charge < -0.3 is 10.1 Å². The van der Waals surface area contributed by atoms with Gasteiger partial charge in [0.25, 0.3) is 0 Å². The van der Waals surface area contributed by atoms with Crippen LogP contribution in [0.3, 0.4) is 0 Å². The molecule has 1 aliphatic rings. The maximum atomic E-state index is 13.5. The molecule has 0 saturated heterocycles. The molecule has 2 unspecified atom stereocenters. The topological polar surface area (TPSA) is 55.4 Å². The van der Waals surface area contributed by atoms with Crippen molar-refractivity contribution >= 4 is 40.0 Å². The van der Waals surface area contributed by atoms with Crippen molar-refractivity contribution in [2.24, 2.45) is 5.92 Å². The molecule has 1 amide bonds. The third kappa shape index (κ3) is 5.08. The smallest absolute Gasteiger partial charge is 0.341 e. The predicted molar refractivity (Wildman–Crippen MR) is 132 cm³/mol. The lowest BCUT2D eigenvalue weighted by Gasteiger charge is -2.18. The summed E-state index contributed by atoms with van der Waals surface area (Å²) in [5, 5.41) is 3.27. The van der Waals surface area contributed by atoms with Crippen molar-refractivity contribution in [3.8, 4) is 0 Å². The first kappa shape index (κ1) is 22.6. The van der Waals surface area contributed by atoms with E-state index in [1.165, 1.54) is 28.0 Å². The van der Waals surface area contributed by atoms with Crippen LogP contribution in [-0.2, 0) is 22.4 Å². The summed E-state index contributed by atoms with van der Waals surface area (Å²) < 4.78 is 5.35. The van der Waals surface area contributed by atoms with Gasteiger partial charge in [-0.2, -0.15) is 0 Å². The number of carbonyl (C=O) groups excluding carboxylic acids is 2. The Kier molecular flexibility index (Phi) is 7.33. The van der Waals surface area contributed by atoms with Gasteiger partial charge in [0.2, 0.25) is 5.91 Å². The number of fused-ring (bicyclic) bond motifs is 1. The van der Waals surface area contributed by atoms with Crippen molar-refractivity contribution in [3.63, 3.8) is 0 Å². The molecule has 32 heavy (non-hydrogen) atoms. The summed E-state index contributed by atoms with van der Waals surface area (Å²) in [4.78, 5) is 28.6. The average molecular weight is 466 g/mol. The third-order valence-corrected chi connectivity index (χ3v) is 8.00. The number of ether oxygens (including phenoxy) is 1. The Hall–Kier alpha value is -2.57. The fraction of sp³-hybridized carbons (Fsp3) is 0.308. The summed E-state index contributed by atoms with van der Waals surface area (Å²) in [6.07, 6.45) is 2.82. The molecule has 3 aromatic rings. The minimum Gasteiger partial charge on any atom is -0.462 e. The molecule has 2 atom stereocenters. The number of anilines is 1. The van der Waals surface area contributed by atoms with Gasteiger partial charge in [-0.25, -0.2) is 4.79 Å². The molecule has 1 aliphatic carbocycles. The Bertz CT molecular complexity index is 1080.